The summed E-state index contributed by atoms with van der Waals surface area (Å²) in [5.74, 6) is 1.83. The maximum atomic E-state index is 13.6. The number of hydrazone groups is 1. The minimum atomic E-state index is -1.09. The summed E-state index contributed by atoms with van der Waals surface area (Å²) < 4.78 is 11.6. The zero-order chi connectivity index (χ0) is 24.9. The van der Waals surface area contributed by atoms with Crippen LogP contribution >= 0.6 is 15.9 Å². The molecule has 1 N–H and O–H groups in total. The molecule has 4 rings (SSSR count). The van der Waals surface area contributed by atoms with Gasteiger partial charge in [-0.3, -0.25) is 4.79 Å². The molecule has 0 bridgehead atoms. The highest BCUT2D eigenvalue weighted by Crippen LogP contribution is 2.36. The van der Waals surface area contributed by atoms with Crippen LogP contribution in [0.3, 0.4) is 0 Å². The Morgan fingerprint density at radius 3 is 2.60 bits per heavy atom. The Bertz CT molecular complexity index is 1410. The van der Waals surface area contributed by atoms with Gasteiger partial charge in [0.15, 0.2) is 11.5 Å². The normalized spacial score (nSPS) is 14.0. The first-order valence-electron chi connectivity index (χ1n) is 10.4. The van der Waals surface area contributed by atoms with E-state index in [1.54, 1.807) is 30.3 Å². The van der Waals surface area contributed by atoms with Crippen LogP contribution in [0.2, 0.25) is 0 Å². The second-order valence-electron chi connectivity index (χ2n) is 7.36. The molecule has 0 saturated heterocycles. The summed E-state index contributed by atoms with van der Waals surface area (Å²) in [5.41, 5.74) is 2.58. The molecule has 1 aliphatic rings. The number of amides is 1. The van der Waals surface area contributed by atoms with Crippen LogP contribution in [0.4, 0.5) is 5.69 Å². The molecular formula is C27H19BrN2O5. The fourth-order valence-electron chi connectivity index (χ4n) is 3.51. The second-order valence-corrected chi connectivity index (χ2v) is 8.22. The van der Waals surface area contributed by atoms with E-state index in [4.69, 9.17) is 15.9 Å². The molecule has 0 aliphatic carbocycles. The third-order valence-electron chi connectivity index (χ3n) is 5.16. The minimum absolute atomic E-state index is 0.0548. The summed E-state index contributed by atoms with van der Waals surface area (Å²) in [6, 6.07) is 18.8. The van der Waals surface area contributed by atoms with Gasteiger partial charge in [0.25, 0.3) is 5.91 Å². The van der Waals surface area contributed by atoms with Crippen molar-refractivity contribution in [3.63, 3.8) is 0 Å². The summed E-state index contributed by atoms with van der Waals surface area (Å²) in [6.07, 6.45) is 6.99. The summed E-state index contributed by atoms with van der Waals surface area (Å²) in [4.78, 5) is 25.0. The number of methoxy groups -OCH3 is 1. The number of ether oxygens (including phenoxy) is 2. The van der Waals surface area contributed by atoms with E-state index in [0.29, 0.717) is 38.5 Å². The SMILES string of the molecule is C#CCOc1cc(Br)c(/C=C2\C(=O)N(c3cccc(C(=O)O)c3)N=C2c2ccccc2)cc1OC. The van der Waals surface area contributed by atoms with Gasteiger partial charge < -0.3 is 14.6 Å². The largest absolute Gasteiger partial charge is 0.493 e. The summed E-state index contributed by atoms with van der Waals surface area (Å²) in [6.45, 7) is 0.0803. The van der Waals surface area contributed by atoms with Crippen molar-refractivity contribution in [2.24, 2.45) is 5.10 Å². The number of carbonyl (C=O) groups excluding carboxylic acids is 1. The lowest BCUT2D eigenvalue weighted by Gasteiger charge is -2.13. The van der Waals surface area contributed by atoms with Crippen molar-refractivity contribution in [1.82, 2.24) is 0 Å². The Kier molecular flexibility index (Phi) is 6.99. The molecule has 0 atom stereocenters. The minimum Gasteiger partial charge on any atom is -0.493 e. The molecule has 1 aliphatic heterocycles. The van der Waals surface area contributed by atoms with E-state index in [1.807, 2.05) is 30.3 Å². The average molecular weight is 531 g/mol. The number of rotatable bonds is 7. The molecule has 0 aromatic heterocycles. The number of carboxylic acids is 1. The van der Waals surface area contributed by atoms with Crippen LogP contribution in [-0.2, 0) is 4.79 Å². The van der Waals surface area contributed by atoms with Crippen LogP contribution < -0.4 is 14.5 Å². The van der Waals surface area contributed by atoms with Gasteiger partial charge in [0.1, 0.15) is 12.3 Å². The molecule has 0 spiro atoms. The van der Waals surface area contributed by atoms with Crippen molar-refractivity contribution in [3.05, 3.63) is 93.5 Å². The van der Waals surface area contributed by atoms with Gasteiger partial charge in [-0.05, 0) is 42.0 Å². The van der Waals surface area contributed by atoms with Crippen LogP contribution in [0.15, 0.2) is 81.9 Å². The van der Waals surface area contributed by atoms with E-state index in [-0.39, 0.29) is 12.2 Å². The number of carbonyl (C=O) groups is 2. The van der Waals surface area contributed by atoms with Crippen molar-refractivity contribution in [1.29, 1.82) is 0 Å². The fraction of sp³-hybridized carbons (Fsp3) is 0.0741. The first-order valence-corrected chi connectivity index (χ1v) is 11.2. The number of halogens is 1. The number of terminal acetylenes is 1. The molecule has 1 amide bonds. The first-order chi connectivity index (χ1) is 16.9. The third-order valence-corrected chi connectivity index (χ3v) is 5.84. The monoisotopic (exact) mass is 530 g/mol. The highest BCUT2D eigenvalue weighted by molar-refractivity contribution is 9.10. The number of aromatic carboxylic acids is 1. The quantitative estimate of drug-likeness (QED) is 0.343. The number of anilines is 1. The third kappa shape index (κ3) is 4.95. The highest BCUT2D eigenvalue weighted by Gasteiger charge is 2.32. The van der Waals surface area contributed by atoms with Gasteiger partial charge in [-0.25, -0.2) is 4.79 Å². The second kappa shape index (κ2) is 10.3. The Labute approximate surface area is 210 Å². The van der Waals surface area contributed by atoms with Gasteiger partial charge in [-0.1, -0.05) is 58.2 Å². The van der Waals surface area contributed by atoms with Gasteiger partial charge in [-0.15, -0.1) is 6.42 Å². The van der Waals surface area contributed by atoms with Crippen LogP contribution in [0.5, 0.6) is 11.5 Å². The Balaban J connectivity index is 1.82. The summed E-state index contributed by atoms with van der Waals surface area (Å²) in [7, 11) is 1.51. The van der Waals surface area contributed by atoms with Crippen LogP contribution in [0.1, 0.15) is 21.5 Å². The van der Waals surface area contributed by atoms with Gasteiger partial charge >= 0.3 is 5.97 Å². The molecule has 1 heterocycles. The first kappa shape index (κ1) is 23.8. The highest BCUT2D eigenvalue weighted by atomic mass is 79.9. The predicted octanol–water partition coefficient (Wildman–Crippen LogP) is 5.00. The number of carboxylic acid groups (broad SMARTS) is 1. The Morgan fingerprint density at radius 1 is 1.14 bits per heavy atom. The maximum Gasteiger partial charge on any atom is 0.335 e. The fourth-order valence-corrected chi connectivity index (χ4v) is 3.95. The molecule has 0 unspecified atom stereocenters. The van der Waals surface area contributed by atoms with Crippen LogP contribution in [-0.4, -0.2) is 36.4 Å². The lowest BCUT2D eigenvalue weighted by molar-refractivity contribution is -0.114. The zero-order valence-corrected chi connectivity index (χ0v) is 20.2. The smallest absolute Gasteiger partial charge is 0.335 e. The molecule has 3 aromatic rings. The molecule has 0 radical (unpaired) electrons. The molecule has 0 saturated carbocycles. The van der Waals surface area contributed by atoms with Gasteiger partial charge in [0.2, 0.25) is 0 Å². The van der Waals surface area contributed by atoms with E-state index < -0.39 is 11.9 Å². The van der Waals surface area contributed by atoms with Crippen molar-refractivity contribution in [2.45, 2.75) is 0 Å². The topological polar surface area (TPSA) is 88.4 Å². The van der Waals surface area contributed by atoms with Crippen LogP contribution in [0, 0.1) is 12.3 Å². The number of nitrogens with zero attached hydrogens (tertiary/aromatic N) is 2. The molecule has 3 aromatic carbocycles. The molecule has 35 heavy (non-hydrogen) atoms. The molecule has 8 heteroatoms. The molecule has 7 nitrogen and oxygen atoms in total. The Hall–Kier alpha value is -4.35. The van der Waals surface area contributed by atoms with Crippen molar-refractivity contribution in [3.8, 4) is 23.8 Å². The zero-order valence-electron chi connectivity index (χ0n) is 18.6. The molecule has 0 fully saturated rings. The van der Waals surface area contributed by atoms with Gasteiger partial charge in [0.05, 0.1) is 23.9 Å². The summed E-state index contributed by atoms with van der Waals surface area (Å²) >= 11 is 3.53. The molecule has 174 valence electrons. The molecular weight excluding hydrogens is 512 g/mol. The number of hydrogen-bond donors (Lipinski definition) is 1. The van der Waals surface area contributed by atoms with Crippen LogP contribution in [0.25, 0.3) is 6.08 Å². The standard InChI is InChI=1S/C27H19BrN2O5/c1-3-12-35-24-16-22(28)19(15-23(24)34-2)14-21-25(17-8-5-4-6-9-17)29-30(26(21)31)20-11-7-10-18(13-20)27(32)33/h1,4-11,13-16H,12H2,2H3,(H,32,33)/b21-14-. The van der Waals surface area contributed by atoms with Gasteiger partial charge in [-0.2, -0.15) is 10.1 Å². The van der Waals surface area contributed by atoms with E-state index in [2.05, 4.69) is 27.0 Å². The van der Waals surface area contributed by atoms with E-state index in [1.165, 1.54) is 24.3 Å². The number of hydrogen-bond acceptors (Lipinski definition) is 5. The Morgan fingerprint density at radius 2 is 1.91 bits per heavy atom. The van der Waals surface area contributed by atoms with E-state index in [9.17, 15) is 14.7 Å². The van der Waals surface area contributed by atoms with Crippen molar-refractivity contribution >= 4 is 45.3 Å². The van der Waals surface area contributed by atoms with Crippen molar-refractivity contribution < 1.29 is 24.2 Å². The van der Waals surface area contributed by atoms with E-state index >= 15 is 0 Å². The van der Waals surface area contributed by atoms with Crippen molar-refractivity contribution in [2.75, 3.05) is 18.7 Å². The number of benzene rings is 3. The maximum absolute atomic E-state index is 13.6. The van der Waals surface area contributed by atoms with E-state index in [0.717, 1.165) is 5.56 Å². The van der Waals surface area contributed by atoms with Gasteiger partial charge in [0, 0.05) is 10.0 Å². The lowest BCUT2D eigenvalue weighted by Crippen LogP contribution is -2.21. The average Bonchev–Trinajstić information content (AvgIpc) is 3.20. The summed E-state index contributed by atoms with van der Waals surface area (Å²) in [5, 5.41) is 15.1. The predicted molar refractivity (Wildman–Crippen MR) is 137 cm³/mol. The lowest BCUT2D eigenvalue weighted by atomic mass is 10.00.